The number of carbonyl (C=O) groups excluding carboxylic acids is 1. The monoisotopic (exact) mass is 294 g/mol. The van der Waals surface area contributed by atoms with Crippen molar-refractivity contribution in [2.45, 2.75) is 38.9 Å². The van der Waals surface area contributed by atoms with Crippen LogP contribution in [0.3, 0.4) is 0 Å². The summed E-state index contributed by atoms with van der Waals surface area (Å²) < 4.78 is 0.0617. The van der Waals surface area contributed by atoms with Crippen LogP contribution in [-0.4, -0.2) is 30.0 Å². The predicted octanol–water partition coefficient (Wildman–Crippen LogP) is 3.69. The topological polar surface area (TPSA) is 41.1 Å². The highest BCUT2D eigenvalue weighted by atomic mass is 32.2. The molecule has 0 radical (unpaired) electrons. The van der Waals surface area contributed by atoms with Gasteiger partial charge in [-0.3, -0.25) is 4.79 Å². The summed E-state index contributed by atoms with van der Waals surface area (Å²) in [6.07, 6.45) is 3.15. The fraction of sp³-hybridized carbons (Fsp3) is 0.562. The molecule has 4 heteroatoms. The van der Waals surface area contributed by atoms with Crippen LogP contribution in [0.2, 0.25) is 0 Å². The number of benzene rings is 1. The van der Waals surface area contributed by atoms with Gasteiger partial charge in [0.25, 0.3) is 5.91 Å². The molecule has 0 fully saturated rings. The Hall–Kier alpha value is -1.16. The summed E-state index contributed by atoms with van der Waals surface area (Å²) in [7, 11) is 0. The maximum Gasteiger partial charge on any atom is 0.251 e. The summed E-state index contributed by atoms with van der Waals surface area (Å²) in [4.78, 5) is 12.2. The van der Waals surface area contributed by atoms with Gasteiger partial charge in [-0.15, -0.1) is 0 Å². The molecule has 0 unspecified atom stereocenters. The van der Waals surface area contributed by atoms with E-state index in [0.717, 1.165) is 29.8 Å². The van der Waals surface area contributed by atoms with Crippen molar-refractivity contribution in [3.8, 4) is 0 Å². The number of anilines is 1. The van der Waals surface area contributed by atoms with Crippen LogP contribution in [0.4, 0.5) is 5.69 Å². The largest absolute Gasteiger partial charge is 0.385 e. The Morgan fingerprint density at radius 2 is 2.05 bits per heavy atom. The van der Waals surface area contributed by atoms with Gasteiger partial charge in [0.15, 0.2) is 0 Å². The van der Waals surface area contributed by atoms with E-state index in [1.807, 2.05) is 25.1 Å². The SMILES string of the molecule is CCCNc1ccc(C(=O)NCC(C)(C)SC)c(C)c1. The second kappa shape index (κ2) is 7.58. The molecule has 0 aliphatic rings. The highest BCUT2D eigenvalue weighted by Crippen LogP contribution is 2.20. The second-order valence-corrected chi connectivity index (χ2v) is 7.12. The lowest BCUT2D eigenvalue weighted by Gasteiger charge is -2.22. The van der Waals surface area contributed by atoms with Crippen LogP contribution in [0, 0.1) is 6.92 Å². The molecule has 3 nitrogen and oxygen atoms in total. The second-order valence-electron chi connectivity index (χ2n) is 5.60. The Morgan fingerprint density at radius 1 is 1.35 bits per heavy atom. The molecule has 1 aromatic rings. The van der Waals surface area contributed by atoms with Crippen molar-refractivity contribution in [2.24, 2.45) is 0 Å². The molecule has 0 heterocycles. The van der Waals surface area contributed by atoms with Gasteiger partial charge in [0.1, 0.15) is 0 Å². The lowest BCUT2D eigenvalue weighted by molar-refractivity contribution is 0.0950. The van der Waals surface area contributed by atoms with Gasteiger partial charge < -0.3 is 10.6 Å². The first-order valence-electron chi connectivity index (χ1n) is 7.07. The molecule has 112 valence electrons. The van der Waals surface area contributed by atoms with Crippen LogP contribution >= 0.6 is 11.8 Å². The van der Waals surface area contributed by atoms with Crippen molar-refractivity contribution in [3.63, 3.8) is 0 Å². The Kier molecular flexibility index (Phi) is 6.40. The molecule has 0 aliphatic heterocycles. The third-order valence-corrected chi connectivity index (χ3v) is 4.53. The molecule has 0 atom stereocenters. The number of hydrogen-bond acceptors (Lipinski definition) is 3. The summed E-state index contributed by atoms with van der Waals surface area (Å²) in [5.41, 5.74) is 2.83. The molecule has 1 aromatic carbocycles. The van der Waals surface area contributed by atoms with E-state index in [2.05, 4.69) is 37.7 Å². The number of nitrogens with one attached hydrogen (secondary N) is 2. The van der Waals surface area contributed by atoms with Gasteiger partial charge in [0.05, 0.1) is 0 Å². The zero-order chi connectivity index (χ0) is 15.2. The van der Waals surface area contributed by atoms with Gasteiger partial charge >= 0.3 is 0 Å². The Bertz CT molecular complexity index is 458. The van der Waals surface area contributed by atoms with E-state index in [-0.39, 0.29) is 10.7 Å². The lowest BCUT2D eigenvalue weighted by Crippen LogP contribution is -2.36. The quantitative estimate of drug-likeness (QED) is 0.806. The molecule has 20 heavy (non-hydrogen) atoms. The third kappa shape index (κ3) is 5.08. The first-order valence-corrected chi connectivity index (χ1v) is 8.30. The van der Waals surface area contributed by atoms with Crippen LogP contribution in [-0.2, 0) is 0 Å². The molecule has 0 bridgehead atoms. The van der Waals surface area contributed by atoms with Gasteiger partial charge in [0, 0.05) is 29.1 Å². The van der Waals surface area contributed by atoms with Crippen LogP contribution < -0.4 is 10.6 Å². The Balaban J connectivity index is 2.69. The maximum absolute atomic E-state index is 12.2. The zero-order valence-electron chi connectivity index (χ0n) is 13.2. The minimum absolute atomic E-state index is 0.00617. The molecular formula is C16H26N2OS. The van der Waals surface area contributed by atoms with Crippen LogP contribution in [0.15, 0.2) is 18.2 Å². The van der Waals surface area contributed by atoms with Crippen molar-refractivity contribution in [3.05, 3.63) is 29.3 Å². The van der Waals surface area contributed by atoms with E-state index in [1.165, 1.54) is 0 Å². The van der Waals surface area contributed by atoms with Crippen molar-refractivity contribution >= 4 is 23.4 Å². The summed E-state index contributed by atoms with van der Waals surface area (Å²) in [5.74, 6) is 0.00617. The normalized spacial score (nSPS) is 11.2. The zero-order valence-corrected chi connectivity index (χ0v) is 14.0. The fourth-order valence-corrected chi connectivity index (χ4v) is 1.97. The van der Waals surface area contributed by atoms with Crippen molar-refractivity contribution in [1.29, 1.82) is 0 Å². The van der Waals surface area contributed by atoms with E-state index in [0.29, 0.717) is 6.54 Å². The number of carbonyl (C=O) groups is 1. The molecule has 1 amide bonds. The molecule has 0 aromatic heterocycles. The highest BCUT2D eigenvalue weighted by molar-refractivity contribution is 7.99. The standard InChI is InChI=1S/C16H26N2OS/c1-6-9-17-13-7-8-14(12(2)10-13)15(19)18-11-16(3,4)20-5/h7-8,10,17H,6,9,11H2,1-5H3,(H,18,19). The van der Waals surface area contributed by atoms with Crippen molar-refractivity contribution in [2.75, 3.05) is 24.7 Å². The van der Waals surface area contributed by atoms with Gasteiger partial charge in [-0.1, -0.05) is 6.92 Å². The summed E-state index contributed by atoms with van der Waals surface area (Å²) in [6, 6.07) is 5.90. The Morgan fingerprint density at radius 3 is 2.60 bits per heavy atom. The summed E-state index contributed by atoms with van der Waals surface area (Å²) in [6.45, 7) is 9.99. The minimum atomic E-state index is 0.00617. The van der Waals surface area contributed by atoms with Gasteiger partial charge in [-0.25, -0.2) is 0 Å². The van der Waals surface area contributed by atoms with Crippen LogP contribution in [0.1, 0.15) is 43.1 Å². The van der Waals surface area contributed by atoms with Crippen LogP contribution in [0.5, 0.6) is 0 Å². The molecule has 0 aliphatic carbocycles. The minimum Gasteiger partial charge on any atom is -0.385 e. The average molecular weight is 294 g/mol. The number of aryl methyl sites for hydroxylation is 1. The van der Waals surface area contributed by atoms with Crippen LogP contribution in [0.25, 0.3) is 0 Å². The molecule has 0 spiro atoms. The summed E-state index contributed by atoms with van der Waals surface area (Å²) in [5, 5.41) is 6.35. The van der Waals surface area contributed by atoms with Crippen molar-refractivity contribution < 1.29 is 4.79 Å². The maximum atomic E-state index is 12.2. The van der Waals surface area contributed by atoms with E-state index >= 15 is 0 Å². The van der Waals surface area contributed by atoms with Gasteiger partial charge in [-0.2, -0.15) is 11.8 Å². The lowest BCUT2D eigenvalue weighted by atomic mass is 10.1. The average Bonchev–Trinajstić information content (AvgIpc) is 2.42. The fourth-order valence-electron chi connectivity index (χ4n) is 1.76. The smallest absolute Gasteiger partial charge is 0.251 e. The first-order chi connectivity index (χ1) is 9.39. The molecule has 2 N–H and O–H groups in total. The first kappa shape index (κ1) is 16.9. The van der Waals surface area contributed by atoms with E-state index < -0.39 is 0 Å². The van der Waals surface area contributed by atoms with E-state index in [9.17, 15) is 4.79 Å². The predicted molar refractivity (Wildman–Crippen MR) is 89.9 cm³/mol. The molecule has 0 saturated heterocycles. The number of amides is 1. The van der Waals surface area contributed by atoms with Gasteiger partial charge in [0.2, 0.25) is 0 Å². The summed E-state index contributed by atoms with van der Waals surface area (Å²) >= 11 is 1.76. The number of rotatable bonds is 7. The number of hydrogen-bond donors (Lipinski definition) is 2. The number of thioether (sulfide) groups is 1. The Labute approximate surface area is 126 Å². The molecule has 0 saturated carbocycles. The molecule has 1 rings (SSSR count). The molecular weight excluding hydrogens is 268 g/mol. The highest BCUT2D eigenvalue weighted by Gasteiger charge is 2.18. The van der Waals surface area contributed by atoms with Gasteiger partial charge in [-0.05, 0) is 57.2 Å². The van der Waals surface area contributed by atoms with E-state index in [4.69, 9.17) is 0 Å². The van der Waals surface area contributed by atoms with Crippen molar-refractivity contribution in [1.82, 2.24) is 5.32 Å². The third-order valence-electron chi connectivity index (χ3n) is 3.28. The van der Waals surface area contributed by atoms with E-state index in [1.54, 1.807) is 11.8 Å².